The molecule has 2 rings (SSSR count). The number of rotatable bonds is 3. The van der Waals surface area contributed by atoms with E-state index in [1.54, 1.807) is 11.3 Å². The lowest BCUT2D eigenvalue weighted by molar-refractivity contribution is 0.0857. The largest absolute Gasteiger partial charge is 0.392 e. The van der Waals surface area contributed by atoms with Gasteiger partial charge >= 0.3 is 0 Å². The van der Waals surface area contributed by atoms with E-state index in [0.29, 0.717) is 0 Å². The molecule has 4 heteroatoms. The summed E-state index contributed by atoms with van der Waals surface area (Å²) >= 11 is 1.75. The third kappa shape index (κ3) is 3.06. The Hall–Kier alpha value is -0.450. The van der Waals surface area contributed by atoms with Crippen LogP contribution in [0.5, 0.6) is 0 Å². The molecule has 1 aliphatic carbocycles. The first-order valence-electron chi connectivity index (χ1n) is 6.46. The molecule has 1 fully saturated rings. The van der Waals surface area contributed by atoms with Crippen LogP contribution in [0, 0.1) is 13.8 Å². The van der Waals surface area contributed by atoms with Crippen molar-refractivity contribution in [1.29, 1.82) is 0 Å². The molecule has 1 heterocycles. The summed E-state index contributed by atoms with van der Waals surface area (Å²) in [5.41, 5.74) is 1.14. The van der Waals surface area contributed by atoms with E-state index in [9.17, 15) is 5.11 Å². The number of aliphatic hydroxyl groups excluding tert-OH is 1. The van der Waals surface area contributed by atoms with Crippen LogP contribution < -0.4 is 5.32 Å². The number of nitrogens with one attached hydrogen (secondary N) is 1. The van der Waals surface area contributed by atoms with Crippen LogP contribution in [0.3, 0.4) is 0 Å². The van der Waals surface area contributed by atoms with Gasteiger partial charge in [0.05, 0.1) is 16.8 Å². The molecule has 1 aliphatic rings. The van der Waals surface area contributed by atoms with Crippen molar-refractivity contribution in [2.75, 3.05) is 0 Å². The minimum absolute atomic E-state index is 0.189. The molecule has 1 aromatic heterocycles. The number of aromatic nitrogens is 1. The second kappa shape index (κ2) is 5.46. The fourth-order valence-electron chi connectivity index (χ4n) is 2.65. The Morgan fingerprint density at radius 3 is 2.65 bits per heavy atom. The maximum atomic E-state index is 9.96. The maximum Gasteiger partial charge on any atom is 0.0900 e. The van der Waals surface area contributed by atoms with Gasteiger partial charge in [-0.2, -0.15) is 0 Å². The van der Waals surface area contributed by atoms with Crippen molar-refractivity contribution in [3.8, 4) is 0 Å². The van der Waals surface area contributed by atoms with Gasteiger partial charge in [-0.1, -0.05) is 12.8 Å². The predicted molar refractivity (Wildman–Crippen MR) is 71.4 cm³/mol. The van der Waals surface area contributed by atoms with E-state index >= 15 is 0 Å². The van der Waals surface area contributed by atoms with Crippen molar-refractivity contribution in [3.05, 3.63) is 15.6 Å². The maximum absolute atomic E-state index is 9.96. The van der Waals surface area contributed by atoms with Crippen LogP contribution >= 0.6 is 11.3 Å². The monoisotopic (exact) mass is 254 g/mol. The van der Waals surface area contributed by atoms with E-state index < -0.39 is 0 Å². The molecule has 3 unspecified atom stereocenters. The molecule has 0 spiro atoms. The van der Waals surface area contributed by atoms with Gasteiger partial charge in [0.25, 0.3) is 0 Å². The van der Waals surface area contributed by atoms with Crippen molar-refractivity contribution in [3.63, 3.8) is 0 Å². The molecule has 0 aromatic carbocycles. The van der Waals surface area contributed by atoms with Gasteiger partial charge in [0.15, 0.2) is 0 Å². The molecule has 0 bridgehead atoms. The summed E-state index contributed by atoms with van der Waals surface area (Å²) in [5.74, 6) is 0. The lowest BCUT2D eigenvalue weighted by Crippen LogP contribution is -2.43. The van der Waals surface area contributed by atoms with E-state index in [4.69, 9.17) is 0 Å². The topological polar surface area (TPSA) is 45.2 Å². The molecular formula is C13H22N2OS. The fourth-order valence-corrected chi connectivity index (χ4v) is 3.57. The molecule has 0 aliphatic heterocycles. The Labute approximate surface area is 107 Å². The quantitative estimate of drug-likeness (QED) is 0.872. The first-order valence-corrected chi connectivity index (χ1v) is 7.27. The number of hydrogen-bond donors (Lipinski definition) is 2. The zero-order valence-corrected chi connectivity index (χ0v) is 11.7. The molecule has 2 N–H and O–H groups in total. The molecular weight excluding hydrogens is 232 g/mol. The lowest BCUT2D eigenvalue weighted by atomic mass is 9.92. The Bertz CT molecular complexity index is 377. The van der Waals surface area contributed by atoms with Crippen LogP contribution in [0.2, 0.25) is 0 Å². The van der Waals surface area contributed by atoms with E-state index in [-0.39, 0.29) is 18.2 Å². The fraction of sp³-hybridized carbons (Fsp3) is 0.769. The van der Waals surface area contributed by atoms with Crippen LogP contribution in [0.25, 0.3) is 0 Å². The van der Waals surface area contributed by atoms with Gasteiger partial charge in [0.1, 0.15) is 0 Å². The highest BCUT2D eigenvalue weighted by Crippen LogP contribution is 2.25. The lowest BCUT2D eigenvalue weighted by Gasteiger charge is -2.30. The van der Waals surface area contributed by atoms with E-state index in [2.05, 4.69) is 24.1 Å². The molecule has 17 heavy (non-hydrogen) atoms. The zero-order valence-electron chi connectivity index (χ0n) is 10.9. The molecule has 1 saturated carbocycles. The smallest absolute Gasteiger partial charge is 0.0900 e. The van der Waals surface area contributed by atoms with E-state index in [1.165, 1.54) is 11.3 Å². The van der Waals surface area contributed by atoms with Crippen LogP contribution in [0.1, 0.15) is 54.2 Å². The SMILES string of the molecule is Cc1nc(C(C)NC2CCCCC2O)c(C)s1. The van der Waals surface area contributed by atoms with Crippen LogP contribution in [0.4, 0.5) is 0 Å². The molecule has 3 atom stereocenters. The number of thiazole rings is 1. The molecule has 0 saturated heterocycles. The minimum Gasteiger partial charge on any atom is -0.392 e. The first kappa shape index (κ1) is 13.0. The molecule has 3 nitrogen and oxygen atoms in total. The highest BCUT2D eigenvalue weighted by Gasteiger charge is 2.25. The van der Waals surface area contributed by atoms with Gasteiger partial charge in [0.2, 0.25) is 0 Å². The van der Waals surface area contributed by atoms with Gasteiger partial charge < -0.3 is 10.4 Å². The third-order valence-electron chi connectivity index (χ3n) is 3.54. The van der Waals surface area contributed by atoms with Crippen molar-refractivity contribution in [1.82, 2.24) is 10.3 Å². The summed E-state index contributed by atoms with van der Waals surface area (Å²) in [7, 11) is 0. The Morgan fingerprint density at radius 2 is 2.06 bits per heavy atom. The second-order valence-electron chi connectivity index (χ2n) is 5.02. The van der Waals surface area contributed by atoms with Crippen molar-refractivity contribution in [2.45, 2.75) is 64.6 Å². The van der Waals surface area contributed by atoms with Gasteiger partial charge in [-0.15, -0.1) is 11.3 Å². The van der Waals surface area contributed by atoms with Crippen LogP contribution in [0.15, 0.2) is 0 Å². The van der Waals surface area contributed by atoms with Crippen LogP contribution in [-0.4, -0.2) is 22.2 Å². The van der Waals surface area contributed by atoms with Crippen molar-refractivity contribution < 1.29 is 5.11 Å². The predicted octanol–water partition coefficient (Wildman–Crippen LogP) is 2.71. The molecule has 0 radical (unpaired) electrons. The third-order valence-corrected chi connectivity index (χ3v) is 4.45. The second-order valence-corrected chi connectivity index (χ2v) is 6.43. The zero-order chi connectivity index (χ0) is 12.4. The number of nitrogens with zero attached hydrogens (tertiary/aromatic N) is 1. The summed E-state index contributed by atoms with van der Waals surface area (Å²) < 4.78 is 0. The molecule has 1 aromatic rings. The summed E-state index contributed by atoms with van der Waals surface area (Å²) in [5, 5.41) is 14.6. The Kier molecular flexibility index (Phi) is 4.17. The number of hydrogen-bond acceptors (Lipinski definition) is 4. The van der Waals surface area contributed by atoms with Gasteiger partial charge in [-0.05, 0) is 33.6 Å². The highest BCUT2D eigenvalue weighted by molar-refractivity contribution is 7.11. The van der Waals surface area contributed by atoms with Gasteiger partial charge in [-0.3, -0.25) is 0 Å². The van der Waals surface area contributed by atoms with Crippen molar-refractivity contribution >= 4 is 11.3 Å². The number of aliphatic hydroxyl groups is 1. The summed E-state index contributed by atoms with van der Waals surface area (Å²) in [6.45, 7) is 6.31. The normalized spacial score (nSPS) is 27.1. The molecule has 96 valence electrons. The summed E-state index contributed by atoms with van der Waals surface area (Å²) in [4.78, 5) is 5.86. The molecule has 0 amide bonds. The Morgan fingerprint density at radius 1 is 1.35 bits per heavy atom. The summed E-state index contributed by atoms with van der Waals surface area (Å²) in [6.07, 6.45) is 4.19. The van der Waals surface area contributed by atoms with E-state index in [0.717, 1.165) is 30.0 Å². The average Bonchev–Trinajstić information content (AvgIpc) is 2.61. The van der Waals surface area contributed by atoms with Crippen molar-refractivity contribution in [2.24, 2.45) is 0 Å². The minimum atomic E-state index is -0.189. The average molecular weight is 254 g/mol. The number of aryl methyl sites for hydroxylation is 2. The standard InChI is InChI=1S/C13H22N2OS/c1-8(13-9(2)17-10(3)15-13)14-11-6-4-5-7-12(11)16/h8,11-12,14,16H,4-7H2,1-3H3. The highest BCUT2D eigenvalue weighted by atomic mass is 32.1. The van der Waals surface area contributed by atoms with Crippen LogP contribution in [-0.2, 0) is 0 Å². The Balaban J connectivity index is 2.00. The van der Waals surface area contributed by atoms with Gasteiger partial charge in [0, 0.05) is 17.0 Å². The van der Waals surface area contributed by atoms with E-state index in [1.807, 2.05) is 6.92 Å². The van der Waals surface area contributed by atoms with Gasteiger partial charge in [-0.25, -0.2) is 4.98 Å². The first-order chi connectivity index (χ1) is 8.08. The summed E-state index contributed by atoms with van der Waals surface area (Å²) in [6, 6.07) is 0.470.